The molecule has 1 amide bonds. The van der Waals surface area contributed by atoms with Crippen LogP contribution in [-0.4, -0.2) is 39.5 Å². The summed E-state index contributed by atoms with van der Waals surface area (Å²) in [6.45, 7) is 3.78. The molecule has 0 spiro atoms. The zero-order valence-corrected chi connectivity index (χ0v) is 18.0. The molecule has 0 aliphatic carbocycles. The van der Waals surface area contributed by atoms with Crippen molar-refractivity contribution in [3.05, 3.63) is 51.9 Å². The van der Waals surface area contributed by atoms with Gasteiger partial charge in [-0.15, -0.1) is 23.7 Å². The van der Waals surface area contributed by atoms with Gasteiger partial charge in [0.2, 0.25) is 5.91 Å². The van der Waals surface area contributed by atoms with Crippen LogP contribution in [0.3, 0.4) is 0 Å². The standard InChI is InChI=1S/C21H24N4O2S.ClH/c1-14-2-4-15(5-3-14)17-12-28-20-19(17)21(27)25(13-23-20)11-8-18(26)24-9-6-16(22)7-10-24;/h2-5,12-13,16H,6-11,22H2,1H3;1H. The first kappa shape index (κ1) is 21.5. The molecule has 1 aromatic carbocycles. The first-order valence-corrected chi connectivity index (χ1v) is 10.5. The summed E-state index contributed by atoms with van der Waals surface area (Å²) in [6, 6.07) is 8.32. The highest BCUT2D eigenvalue weighted by Crippen LogP contribution is 2.30. The highest BCUT2D eigenvalue weighted by molar-refractivity contribution is 7.17. The second-order valence-electron chi connectivity index (χ2n) is 7.41. The zero-order chi connectivity index (χ0) is 19.7. The summed E-state index contributed by atoms with van der Waals surface area (Å²) >= 11 is 1.47. The molecule has 29 heavy (non-hydrogen) atoms. The summed E-state index contributed by atoms with van der Waals surface area (Å²) in [5, 5.41) is 2.61. The number of nitrogens with two attached hydrogens (primary N) is 1. The molecule has 4 rings (SSSR count). The van der Waals surface area contributed by atoms with E-state index < -0.39 is 0 Å². The molecule has 1 saturated heterocycles. The van der Waals surface area contributed by atoms with Crippen molar-refractivity contribution in [2.75, 3.05) is 13.1 Å². The van der Waals surface area contributed by atoms with E-state index in [2.05, 4.69) is 4.98 Å². The van der Waals surface area contributed by atoms with Crippen molar-refractivity contribution in [2.45, 2.75) is 38.8 Å². The van der Waals surface area contributed by atoms with Crippen molar-refractivity contribution in [3.8, 4) is 11.1 Å². The number of piperidine rings is 1. The Morgan fingerprint density at radius 3 is 2.62 bits per heavy atom. The van der Waals surface area contributed by atoms with Crippen molar-refractivity contribution in [3.63, 3.8) is 0 Å². The number of likely N-dealkylation sites (tertiary alicyclic amines) is 1. The van der Waals surface area contributed by atoms with E-state index in [1.165, 1.54) is 16.9 Å². The molecular formula is C21H25ClN4O2S. The molecule has 0 atom stereocenters. The summed E-state index contributed by atoms with van der Waals surface area (Å²) in [4.78, 5) is 32.6. The molecule has 0 radical (unpaired) electrons. The first-order valence-electron chi connectivity index (χ1n) is 9.60. The van der Waals surface area contributed by atoms with Gasteiger partial charge < -0.3 is 10.6 Å². The van der Waals surface area contributed by atoms with E-state index >= 15 is 0 Å². The van der Waals surface area contributed by atoms with Gasteiger partial charge in [0, 0.05) is 43.0 Å². The topological polar surface area (TPSA) is 81.2 Å². The average molecular weight is 433 g/mol. The maximum atomic E-state index is 13.1. The number of carbonyl (C=O) groups excluding carboxylic acids is 1. The van der Waals surface area contributed by atoms with Crippen LogP contribution in [0, 0.1) is 6.92 Å². The van der Waals surface area contributed by atoms with Crippen LogP contribution in [0.15, 0.2) is 40.8 Å². The molecule has 154 valence electrons. The second-order valence-corrected chi connectivity index (χ2v) is 8.26. The molecule has 2 aromatic heterocycles. The summed E-state index contributed by atoms with van der Waals surface area (Å²) in [5.74, 6) is 0.0722. The van der Waals surface area contributed by atoms with Gasteiger partial charge in [-0.25, -0.2) is 4.98 Å². The lowest BCUT2D eigenvalue weighted by Gasteiger charge is -2.30. The Morgan fingerprint density at radius 2 is 1.93 bits per heavy atom. The number of nitrogens with zero attached hydrogens (tertiary/aromatic N) is 3. The van der Waals surface area contributed by atoms with Crippen molar-refractivity contribution in [2.24, 2.45) is 5.73 Å². The average Bonchev–Trinajstić information content (AvgIpc) is 3.13. The maximum absolute atomic E-state index is 13.1. The minimum absolute atomic E-state index is 0. The Hall–Kier alpha value is -2.22. The minimum atomic E-state index is -0.0877. The van der Waals surface area contributed by atoms with E-state index in [1.807, 2.05) is 41.5 Å². The summed E-state index contributed by atoms with van der Waals surface area (Å²) < 4.78 is 1.56. The molecule has 0 bridgehead atoms. The molecule has 3 aromatic rings. The van der Waals surface area contributed by atoms with Gasteiger partial charge in [0.25, 0.3) is 5.56 Å². The fourth-order valence-electron chi connectivity index (χ4n) is 3.60. The highest BCUT2D eigenvalue weighted by atomic mass is 35.5. The zero-order valence-electron chi connectivity index (χ0n) is 16.3. The molecule has 1 aliphatic rings. The number of carbonyl (C=O) groups is 1. The summed E-state index contributed by atoms with van der Waals surface area (Å²) in [6.07, 6.45) is 3.54. The molecule has 0 saturated carbocycles. The number of amides is 1. The predicted octanol–water partition coefficient (Wildman–Crippen LogP) is 3.20. The number of fused-ring (bicyclic) bond motifs is 1. The lowest BCUT2D eigenvalue weighted by Crippen LogP contribution is -2.43. The molecule has 1 fully saturated rings. The van der Waals surface area contributed by atoms with Gasteiger partial charge in [-0.3, -0.25) is 14.2 Å². The van der Waals surface area contributed by atoms with Gasteiger partial charge >= 0.3 is 0 Å². The fourth-order valence-corrected chi connectivity index (χ4v) is 4.50. The van der Waals surface area contributed by atoms with Crippen LogP contribution in [0.2, 0.25) is 0 Å². The number of halogens is 1. The normalized spacial score (nSPS) is 14.8. The number of rotatable bonds is 4. The van der Waals surface area contributed by atoms with Crippen molar-refractivity contribution in [1.29, 1.82) is 0 Å². The Bertz CT molecular complexity index is 1050. The molecule has 0 unspecified atom stereocenters. The summed E-state index contributed by atoms with van der Waals surface area (Å²) in [5.41, 5.74) is 8.91. The van der Waals surface area contributed by atoms with Crippen LogP contribution >= 0.6 is 23.7 Å². The quantitative estimate of drug-likeness (QED) is 0.686. The van der Waals surface area contributed by atoms with Crippen LogP contribution < -0.4 is 11.3 Å². The molecule has 3 heterocycles. The molecule has 8 heteroatoms. The van der Waals surface area contributed by atoms with Crippen LogP contribution in [0.5, 0.6) is 0 Å². The van der Waals surface area contributed by atoms with Crippen LogP contribution in [0.4, 0.5) is 0 Å². The Labute approximate surface area is 179 Å². The van der Waals surface area contributed by atoms with Gasteiger partial charge in [-0.1, -0.05) is 29.8 Å². The lowest BCUT2D eigenvalue weighted by molar-refractivity contribution is -0.132. The Kier molecular flexibility index (Phi) is 6.72. The number of benzene rings is 1. The maximum Gasteiger partial charge on any atom is 0.262 e. The molecule has 6 nitrogen and oxygen atoms in total. The van der Waals surface area contributed by atoms with Crippen LogP contribution in [0.1, 0.15) is 24.8 Å². The van der Waals surface area contributed by atoms with Crippen molar-refractivity contribution < 1.29 is 4.79 Å². The van der Waals surface area contributed by atoms with Crippen molar-refractivity contribution >= 4 is 39.9 Å². The van der Waals surface area contributed by atoms with Crippen LogP contribution in [0.25, 0.3) is 21.3 Å². The molecule has 2 N–H and O–H groups in total. The second kappa shape index (κ2) is 9.07. The lowest BCUT2D eigenvalue weighted by atomic mass is 10.1. The summed E-state index contributed by atoms with van der Waals surface area (Å²) in [7, 11) is 0. The molecule has 1 aliphatic heterocycles. The Balaban J connectivity index is 0.00000240. The third-order valence-electron chi connectivity index (χ3n) is 5.38. The predicted molar refractivity (Wildman–Crippen MR) is 120 cm³/mol. The third-order valence-corrected chi connectivity index (χ3v) is 6.27. The van der Waals surface area contributed by atoms with Crippen LogP contribution in [-0.2, 0) is 11.3 Å². The van der Waals surface area contributed by atoms with Gasteiger partial charge in [0.1, 0.15) is 4.83 Å². The first-order chi connectivity index (χ1) is 13.5. The highest BCUT2D eigenvalue weighted by Gasteiger charge is 2.20. The SMILES string of the molecule is Cc1ccc(-c2csc3ncn(CCC(=O)N4CCC(N)CC4)c(=O)c23)cc1.Cl. The number of aryl methyl sites for hydroxylation is 2. The van der Waals surface area contributed by atoms with Crippen molar-refractivity contribution in [1.82, 2.24) is 14.5 Å². The largest absolute Gasteiger partial charge is 0.343 e. The van der Waals surface area contributed by atoms with E-state index in [9.17, 15) is 9.59 Å². The number of aromatic nitrogens is 2. The number of hydrogen-bond donors (Lipinski definition) is 1. The minimum Gasteiger partial charge on any atom is -0.343 e. The fraction of sp³-hybridized carbons (Fsp3) is 0.381. The van der Waals surface area contributed by atoms with Gasteiger partial charge in [0.15, 0.2) is 0 Å². The van der Waals surface area contributed by atoms with Gasteiger partial charge in [-0.2, -0.15) is 0 Å². The van der Waals surface area contributed by atoms with E-state index in [-0.39, 0.29) is 29.9 Å². The van der Waals surface area contributed by atoms with E-state index in [4.69, 9.17) is 5.73 Å². The van der Waals surface area contributed by atoms with E-state index in [0.29, 0.717) is 31.4 Å². The number of hydrogen-bond acceptors (Lipinski definition) is 5. The number of thiophene rings is 1. The monoisotopic (exact) mass is 432 g/mol. The van der Waals surface area contributed by atoms with Gasteiger partial charge in [-0.05, 0) is 25.3 Å². The molecular weight excluding hydrogens is 408 g/mol. The van der Waals surface area contributed by atoms with Gasteiger partial charge in [0.05, 0.1) is 11.7 Å². The van der Waals surface area contributed by atoms with E-state index in [1.54, 1.807) is 10.9 Å². The Morgan fingerprint density at radius 1 is 1.24 bits per heavy atom. The smallest absolute Gasteiger partial charge is 0.262 e. The third kappa shape index (κ3) is 4.52. The van der Waals surface area contributed by atoms with E-state index in [0.717, 1.165) is 28.8 Å².